The van der Waals surface area contributed by atoms with Gasteiger partial charge < -0.3 is 11.1 Å². The number of nitrogens with two attached hydrogens (primary N) is 1. The second-order valence-corrected chi connectivity index (χ2v) is 5.52. The van der Waals surface area contributed by atoms with Crippen molar-refractivity contribution >= 4 is 27.9 Å². The number of anilines is 1. The Morgan fingerprint density at radius 3 is 2.79 bits per heavy atom. The van der Waals surface area contributed by atoms with Crippen LogP contribution in [0.3, 0.4) is 0 Å². The molecule has 0 aromatic carbocycles. The number of halogens is 1. The van der Waals surface area contributed by atoms with Gasteiger partial charge in [-0.25, -0.2) is 0 Å². The van der Waals surface area contributed by atoms with Crippen molar-refractivity contribution in [3.63, 3.8) is 0 Å². The first-order valence-electron chi connectivity index (χ1n) is 5.03. The Morgan fingerprint density at radius 2 is 2.14 bits per heavy atom. The van der Waals surface area contributed by atoms with Gasteiger partial charge in [0, 0.05) is 12.1 Å². The van der Waals surface area contributed by atoms with Gasteiger partial charge in [0.25, 0.3) is 0 Å². The summed E-state index contributed by atoms with van der Waals surface area (Å²) in [7, 11) is 0. The normalized spacial score (nSPS) is 27.6. The van der Waals surface area contributed by atoms with E-state index in [2.05, 4.69) is 5.32 Å². The fraction of sp³-hybridized carbons (Fsp3) is 0.600. The van der Waals surface area contributed by atoms with Crippen molar-refractivity contribution in [3.05, 3.63) is 16.5 Å². The lowest BCUT2D eigenvalue weighted by atomic mass is 9.91. The summed E-state index contributed by atoms with van der Waals surface area (Å²) in [6.45, 7) is 0. The van der Waals surface area contributed by atoms with Gasteiger partial charge >= 0.3 is 0 Å². The van der Waals surface area contributed by atoms with E-state index >= 15 is 0 Å². The van der Waals surface area contributed by atoms with Crippen molar-refractivity contribution in [3.8, 4) is 0 Å². The van der Waals surface area contributed by atoms with Crippen LogP contribution in [0.1, 0.15) is 25.7 Å². The van der Waals surface area contributed by atoms with Crippen LogP contribution in [-0.2, 0) is 0 Å². The summed E-state index contributed by atoms with van der Waals surface area (Å²) in [6.07, 6.45) is 4.86. The molecule has 1 aliphatic carbocycles. The molecule has 1 aromatic rings. The minimum Gasteiger partial charge on any atom is -0.373 e. The highest BCUT2D eigenvalue weighted by molar-refractivity contribution is 7.19. The van der Waals surface area contributed by atoms with Crippen LogP contribution < -0.4 is 11.1 Å². The molecule has 0 amide bonds. The van der Waals surface area contributed by atoms with Gasteiger partial charge in [-0.3, -0.25) is 0 Å². The quantitative estimate of drug-likeness (QED) is 0.820. The number of rotatable bonds is 2. The van der Waals surface area contributed by atoms with Crippen molar-refractivity contribution in [2.45, 2.75) is 37.8 Å². The van der Waals surface area contributed by atoms with Crippen LogP contribution in [0.15, 0.2) is 12.1 Å². The summed E-state index contributed by atoms with van der Waals surface area (Å²) in [5.74, 6) is 0. The topological polar surface area (TPSA) is 38.0 Å². The third-order valence-corrected chi connectivity index (χ3v) is 3.88. The van der Waals surface area contributed by atoms with E-state index < -0.39 is 0 Å². The Bertz CT molecular complexity index is 300. The molecule has 4 heteroatoms. The zero-order valence-electron chi connectivity index (χ0n) is 8.00. The molecular formula is C10H15ClN2S. The maximum Gasteiger partial charge on any atom is 0.0950 e. The zero-order valence-corrected chi connectivity index (χ0v) is 9.57. The van der Waals surface area contributed by atoms with E-state index in [4.69, 9.17) is 17.3 Å². The maximum absolute atomic E-state index is 6.04. The maximum atomic E-state index is 6.04. The first-order valence-corrected chi connectivity index (χ1v) is 6.22. The molecule has 1 heterocycles. The second kappa shape index (κ2) is 4.51. The summed E-state index contributed by atoms with van der Waals surface area (Å²) >= 11 is 7.44. The van der Waals surface area contributed by atoms with Gasteiger partial charge in [0.05, 0.1) is 9.34 Å². The van der Waals surface area contributed by atoms with Crippen LogP contribution in [0.2, 0.25) is 4.34 Å². The number of nitrogens with one attached hydrogen (secondary N) is 1. The van der Waals surface area contributed by atoms with Gasteiger partial charge in [-0.05, 0) is 25.0 Å². The van der Waals surface area contributed by atoms with Gasteiger partial charge in [-0.1, -0.05) is 24.4 Å². The van der Waals surface area contributed by atoms with Gasteiger partial charge in [0.2, 0.25) is 0 Å². The van der Waals surface area contributed by atoms with E-state index in [-0.39, 0.29) is 0 Å². The highest BCUT2D eigenvalue weighted by Crippen LogP contribution is 2.29. The molecule has 2 nitrogen and oxygen atoms in total. The van der Waals surface area contributed by atoms with Crippen molar-refractivity contribution in [1.29, 1.82) is 0 Å². The molecule has 0 aliphatic heterocycles. The minimum atomic E-state index is 0.296. The first-order chi connectivity index (χ1) is 6.75. The molecule has 1 aromatic heterocycles. The van der Waals surface area contributed by atoms with E-state index in [1.807, 2.05) is 12.1 Å². The molecule has 0 bridgehead atoms. The Balaban J connectivity index is 1.95. The molecular weight excluding hydrogens is 216 g/mol. The summed E-state index contributed by atoms with van der Waals surface area (Å²) in [6, 6.07) is 4.67. The fourth-order valence-corrected chi connectivity index (χ4v) is 2.92. The van der Waals surface area contributed by atoms with Crippen molar-refractivity contribution in [1.82, 2.24) is 0 Å². The lowest BCUT2D eigenvalue weighted by molar-refractivity contribution is 0.404. The number of hydrogen-bond acceptors (Lipinski definition) is 3. The van der Waals surface area contributed by atoms with Crippen LogP contribution in [0.4, 0.5) is 5.00 Å². The fourth-order valence-electron chi connectivity index (χ4n) is 1.91. The molecule has 3 N–H and O–H groups in total. The molecule has 78 valence electrons. The van der Waals surface area contributed by atoms with Gasteiger partial charge in [0.15, 0.2) is 0 Å². The Hall–Kier alpha value is -0.250. The predicted octanol–water partition coefficient (Wildman–Crippen LogP) is 3.08. The Labute approximate surface area is 93.4 Å². The number of hydrogen-bond donors (Lipinski definition) is 2. The molecule has 0 spiro atoms. The zero-order chi connectivity index (χ0) is 9.97. The standard InChI is InChI=1S/C10H15ClN2S/c11-9-5-6-10(14-9)13-8-4-2-1-3-7(8)12/h5-8,13H,1-4,12H2. The van der Waals surface area contributed by atoms with Crippen molar-refractivity contribution in [2.24, 2.45) is 5.73 Å². The lowest BCUT2D eigenvalue weighted by Gasteiger charge is -2.29. The molecule has 0 saturated heterocycles. The lowest BCUT2D eigenvalue weighted by Crippen LogP contribution is -2.42. The first kappa shape index (κ1) is 10.3. The highest BCUT2D eigenvalue weighted by Gasteiger charge is 2.21. The van der Waals surface area contributed by atoms with E-state index in [0.29, 0.717) is 12.1 Å². The molecule has 2 rings (SSSR count). The molecule has 2 atom stereocenters. The van der Waals surface area contributed by atoms with E-state index in [1.165, 1.54) is 19.3 Å². The van der Waals surface area contributed by atoms with Gasteiger partial charge in [0.1, 0.15) is 0 Å². The minimum absolute atomic E-state index is 0.296. The summed E-state index contributed by atoms with van der Waals surface area (Å²) in [4.78, 5) is 0. The van der Waals surface area contributed by atoms with E-state index in [1.54, 1.807) is 11.3 Å². The molecule has 1 fully saturated rings. The second-order valence-electron chi connectivity index (χ2n) is 3.80. The smallest absolute Gasteiger partial charge is 0.0950 e. The van der Waals surface area contributed by atoms with E-state index in [9.17, 15) is 0 Å². The largest absolute Gasteiger partial charge is 0.373 e. The summed E-state index contributed by atoms with van der Waals surface area (Å²) in [5, 5.41) is 4.60. The molecule has 0 radical (unpaired) electrons. The molecule has 2 unspecified atom stereocenters. The molecule has 14 heavy (non-hydrogen) atoms. The molecule has 1 saturated carbocycles. The van der Waals surface area contributed by atoms with Crippen LogP contribution in [0, 0.1) is 0 Å². The highest BCUT2D eigenvalue weighted by atomic mass is 35.5. The summed E-state index contributed by atoms with van der Waals surface area (Å²) in [5.41, 5.74) is 6.04. The summed E-state index contributed by atoms with van der Waals surface area (Å²) < 4.78 is 0.830. The van der Waals surface area contributed by atoms with Gasteiger partial charge in [-0.2, -0.15) is 0 Å². The Morgan fingerprint density at radius 1 is 1.36 bits per heavy atom. The average Bonchev–Trinajstić information content (AvgIpc) is 2.56. The van der Waals surface area contributed by atoms with Crippen LogP contribution in [-0.4, -0.2) is 12.1 Å². The third-order valence-electron chi connectivity index (χ3n) is 2.72. The SMILES string of the molecule is NC1CCCCC1Nc1ccc(Cl)s1. The Kier molecular flexibility index (Phi) is 3.31. The van der Waals surface area contributed by atoms with Crippen LogP contribution >= 0.6 is 22.9 Å². The van der Waals surface area contributed by atoms with Gasteiger partial charge in [-0.15, -0.1) is 11.3 Å². The monoisotopic (exact) mass is 230 g/mol. The van der Waals surface area contributed by atoms with Crippen molar-refractivity contribution in [2.75, 3.05) is 5.32 Å². The predicted molar refractivity (Wildman–Crippen MR) is 63.2 cm³/mol. The van der Waals surface area contributed by atoms with Crippen LogP contribution in [0.5, 0.6) is 0 Å². The third kappa shape index (κ3) is 2.41. The van der Waals surface area contributed by atoms with E-state index in [0.717, 1.165) is 15.8 Å². The van der Waals surface area contributed by atoms with Crippen molar-refractivity contribution < 1.29 is 0 Å². The molecule has 1 aliphatic rings. The number of thiophene rings is 1. The average molecular weight is 231 g/mol. The van der Waals surface area contributed by atoms with Crippen LogP contribution in [0.25, 0.3) is 0 Å².